The van der Waals surface area contributed by atoms with Crippen molar-refractivity contribution in [3.8, 4) is 17.4 Å². The topological polar surface area (TPSA) is 171 Å². The minimum atomic E-state index is -0.999. The number of ether oxygens (including phenoxy) is 4. The number of nitrogens with two attached hydrogens (primary N) is 1. The smallest absolute Gasteiger partial charge is 0.408 e. The molecule has 0 bridgehead atoms. The van der Waals surface area contributed by atoms with Crippen LogP contribution >= 0.6 is 11.9 Å². The van der Waals surface area contributed by atoms with Gasteiger partial charge in [-0.15, -0.1) is 0 Å². The molecule has 5 rings (SSSR count). The first-order chi connectivity index (χ1) is 26.0. The van der Waals surface area contributed by atoms with Crippen molar-refractivity contribution in [2.75, 3.05) is 13.7 Å². The molecular formula is C40H56FN5O8S. The molecule has 1 aromatic heterocycles. The van der Waals surface area contributed by atoms with Crippen molar-refractivity contribution < 1.29 is 42.5 Å². The van der Waals surface area contributed by atoms with E-state index >= 15 is 0 Å². The van der Waals surface area contributed by atoms with Gasteiger partial charge in [-0.05, 0) is 110 Å². The van der Waals surface area contributed by atoms with E-state index in [4.69, 9.17) is 24.7 Å². The van der Waals surface area contributed by atoms with Gasteiger partial charge in [-0.25, -0.2) is 14.2 Å². The molecule has 0 radical (unpaired) electrons. The van der Waals surface area contributed by atoms with Crippen LogP contribution in [0.15, 0.2) is 30.4 Å². The van der Waals surface area contributed by atoms with Crippen LogP contribution in [0.1, 0.15) is 99.3 Å². The maximum atomic E-state index is 14.7. The van der Waals surface area contributed by atoms with E-state index < -0.39 is 47.5 Å². The number of allylic oxidation sites excluding steroid dienone is 2. The number of nitrogens with one attached hydrogen (secondary N) is 2. The van der Waals surface area contributed by atoms with Crippen LogP contribution in [0.4, 0.5) is 9.18 Å². The Labute approximate surface area is 327 Å². The molecule has 55 heavy (non-hydrogen) atoms. The van der Waals surface area contributed by atoms with Crippen molar-refractivity contribution in [3.05, 3.63) is 36.2 Å². The van der Waals surface area contributed by atoms with Crippen LogP contribution in [-0.2, 0) is 19.1 Å². The Kier molecular flexibility index (Phi) is 13.5. The predicted octanol–water partition coefficient (Wildman–Crippen LogP) is 6.36. The molecule has 1 aromatic carbocycles. The number of likely N-dealkylation sites (tertiary alicyclic amines) is 1. The summed E-state index contributed by atoms with van der Waals surface area (Å²) in [4.78, 5) is 58.1. The first-order valence-electron chi connectivity index (χ1n) is 19.2. The standard InChI is InChI=1S/C40H56FN5O8S/c1-23(2)52-32-21-31(26-15-16-28(41)34(51-7)33(26)44-32)53-25-20-30(35(42)47)46(22-25)37(49)29(43-38(50)54-39(3,4)5)14-12-10-8-9-11-13-24-19-27(24)36(48)45-55-40(6)17-18-40/h11,13,15-16,21,23-25,27,29-30H,8-10,12,14,17-20,22H2,1-7H3,(H2,42,47)(H,43,50)(H,45,48)/b13-11-/t24?,25-,27?,29+,30?/m1/s1. The number of amides is 4. The number of aromatic nitrogens is 1. The van der Waals surface area contributed by atoms with Crippen LogP contribution in [0.25, 0.3) is 10.9 Å². The first-order valence-corrected chi connectivity index (χ1v) is 20.0. The molecule has 1 aliphatic heterocycles. The second kappa shape index (κ2) is 17.7. The highest BCUT2D eigenvalue weighted by Crippen LogP contribution is 2.47. The summed E-state index contributed by atoms with van der Waals surface area (Å²) in [5.74, 6) is -0.927. The monoisotopic (exact) mass is 785 g/mol. The van der Waals surface area contributed by atoms with Gasteiger partial charge in [0.05, 0.1) is 19.8 Å². The Balaban J connectivity index is 1.21. The normalized spacial score (nSPS) is 22.0. The number of carbonyl (C=O) groups excluding carboxylic acids is 4. The summed E-state index contributed by atoms with van der Waals surface area (Å²) >= 11 is 1.55. The third kappa shape index (κ3) is 11.6. The van der Waals surface area contributed by atoms with E-state index in [1.165, 1.54) is 24.1 Å². The summed E-state index contributed by atoms with van der Waals surface area (Å²) < 4.78 is 40.9. The number of nitrogens with zero attached hydrogens (tertiary/aromatic N) is 2. The van der Waals surface area contributed by atoms with Crippen molar-refractivity contribution in [2.24, 2.45) is 17.6 Å². The van der Waals surface area contributed by atoms with Crippen molar-refractivity contribution in [2.45, 2.75) is 134 Å². The lowest BCUT2D eigenvalue weighted by atomic mass is 10.0. The van der Waals surface area contributed by atoms with Gasteiger partial charge >= 0.3 is 6.09 Å². The van der Waals surface area contributed by atoms with E-state index in [-0.39, 0.29) is 58.7 Å². The van der Waals surface area contributed by atoms with Gasteiger partial charge in [0.2, 0.25) is 23.6 Å². The van der Waals surface area contributed by atoms with E-state index in [9.17, 15) is 23.6 Å². The van der Waals surface area contributed by atoms with E-state index in [0.29, 0.717) is 24.0 Å². The fraction of sp³-hybridized carbons (Fsp3) is 0.625. The fourth-order valence-electron chi connectivity index (χ4n) is 6.58. The van der Waals surface area contributed by atoms with Crippen LogP contribution < -0.4 is 30.0 Å². The Morgan fingerprint density at radius 2 is 1.89 bits per heavy atom. The van der Waals surface area contributed by atoms with Crippen LogP contribution in [0.2, 0.25) is 0 Å². The molecular weight excluding hydrogens is 730 g/mol. The second-order valence-electron chi connectivity index (χ2n) is 16.3. The summed E-state index contributed by atoms with van der Waals surface area (Å²) in [5, 5.41) is 3.19. The van der Waals surface area contributed by atoms with Gasteiger partial charge in [0.15, 0.2) is 11.6 Å². The predicted molar refractivity (Wildman–Crippen MR) is 208 cm³/mol. The number of pyridine rings is 1. The summed E-state index contributed by atoms with van der Waals surface area (Å²) in [6.45, 7) is 11.0. The number of rotatable bonds is 18. The molecule has 302 valence electrons. The van der Waals surface area contributed by atoms with Gasteiger partial charge in [-0.1, -0.05) is 25.0 Å². The molecule has 3 aliphatic rings. The molecule has 4 N–H and O–H groups in total. The van der Waals surface area contributed by atoms with Gasteiger partial charge in [0.1, 0.15) is 35.1 Å². The van der Waals surface area contributed by atoms with Crippen LogP contribution in [0.5, 0.6) is 17.4 Å². The zero-order valence-electron chi connectivity index (χ0n) is 32.9. The van der Waals surface area contributed by atoms with Crippen molar-refractivity contribution in [1.29, 1.82) is 0 Å². The molecule has 4 amide bonds. The van der Waals surface area contributed by atoms with Gasteiger partial charge < -0.3 is 34.9 Å². The number of benzene rings is 1. The number of alkyl carbamates (subject to hydrolysis) is 1. The average Bonchev–Trinajstić information content (AvgIpc) is 4.00. The Bertz CT molecular complexity index is 1760. The van der Waals surface area contributed by atoms with Crippen molar-refractivity contribution in [3.63, 3.8) is 0 Å². The van der Waals surface area contributed by atoms with Gasteiger partial charge in [-0.3, -0.25) is 19.1 Å². The van der Waals surface area contributed by atoms with E-state index in [1.807, 2.05) is 13.8 Å². The lowest BCUT2D eigenvalue weighted by molar-refractivity contribution is -0.139. The minimum Gasteiger partial charge on any atom is -0.491 e. The molecule has 5 atom stereocenters. The highest BCUT2D eigenvalue weighted by atomic mass is 32.2. The van der Waals surface area contributed by atoms with Crippen LogP contribution in [0.3, 0.4) is 0 Å². The maximum Gasteiger partial charge on any atom is 0.408 e. The van der Waals surface area contributed by atoms with Gasteiger partial charge in [0.25, 0.3) is 0 Å². The largest absolute Gasteiger partial charge is 0.491 e. The number of hydrogen-bond acceptors (Lipinski definition) is 10. The van der Waals surface area contributed by atoms with Crippen LogP contribution in [0, 0.1) is 17.7 Å². The fourth-order valence-corrected chi connectivity index (χ4v) is 7.38. The maximum absolute atomic E-state index is 14.7. The third-order valence-electron chi connectivity index (χ3n) is 9.82. The van der Waals surface area contributed by atoms with Crippen molar-refractivity contribution in [1.82, 2.24) is 19.9 Å². The molecule has 2 heterocycles. The highest BCUT2D eigenvalue weighted by Gasteiger charge is 2.45. The van der Waals surface area contributed by atoms with Gasteiger partial charge in [-0.2, -0.15) is 0 Å². The molecule has 2 saturated carbocycles. The Hall–Kier alpha value is -4.27. The van der Waals surface area contributed by atoms with Gasteiger partial charge in [0, 0.05) is 28.5 Å². The molecule has 2 aliphatic carbocycles. The number of unbranched alkanes of at least 4 members (excludes halogenated alkanes) is 3. The molecule has 13 nitrogen and oxygen atoms in total. The number of halogens is 1. The number of primary amides is 1. The SMILES string of the molecule is COc1c(F)ccc2c(O[C@@H]3CC(C(N)=O)N(C(=O)[C@H](CCCCC/C=C\C4CC4C(=O)NSC4(C)CC4)NC(=O)OC(C)(C)C)C3)cc(OC(C)C)nc12. The summed E-state index contributed by atoms with van der Waals surface area (Å²) in [5.41, 5.74) is 5.23. The summed E-state index contributed by atoms with van der Waals surface area (Å²) in [7, 11) is 1.34. The number of hydrogen-bond donors (Lipinski definition) is 3. The van der Waals surface area contributed by atoms with E-state index in [2.05, 4.69) is 34.1 Å². The molecule has 3 unspecified atom stereocenters. The first kappa shape index (κ1) is 41.9. The Morgan fingerprint density at radius 1 is 1.15 bits per heavy atom. The molecule has 0 spiro atoms. The molecule has 15 heteroatoms. The number of methoxy groups -OCH3 is 1. The quantitative estimate of drug-likeness (QED) is 0.0878. The van der Waals surface area contributed by atoms with Crippen molar-refractivity contribution >= 4 is 46.7 Å². The van der Waals surface area contributed by atoms with E-state index in [0.717, 1.165) is 38.5 Å². The lowest BCUT2D eigenvalue weighted by Gasteiger charge is -2.28. The summed E-state index contributed by atoms with van der Waals surface area (Å²) in [6.07, 6.45) is 9.25. The zero-order valence-corrected chi connectivity index (χ0v) is 33.8. The van der Waals surface area contributed by atoms with Crippen LogP contribution in [-0.4, -0.2) is 82.0 Å². The Morgan fingerprint density at radius 3 is 2.55 bits per heavy atom. The number of fused-ring (bicyclic) bond motifs is 1. The minimum absolute atomic E-state index is 0.00440. The molecule has 3 fully saturated rings. The number of carbonyl (C=O) groups is 4. The summed E-state index contributed by atoms with van der Waals surface area (Å²) in [6, 6.07) is 2.37. The molecule has 1 saturated heterocycles. The lowest BCUT2D eigenvalue weighted by Crippen LogP contribution is -2.53. The highest BCUT2D eigenvalue weighted by molar-refractivity contribution is 7.99. The average molecular weight is 786 g/mol. The third-order valence-corrected chi connectivity index (χ3v) is 11.0. The zero-order chi connectivity index (χ0) is 40.1. The molecule has 2 aromatic rings. The second-order valence-corrected chi connectivity index (χ2v) is 17.7. The van der Waals surface area contributed by atoms with E-state index in [1.54, 1.807) is 38.8 Å².